The summed E-state index contributed by atoms with van der Waals surface area (Å²) in [6, 6.07) is 8.44. The molecule has 1 aliphatic heterocycles. The largest absolute Gasteiger partial charge is 0.481 e. The van der Waals surface area contributed by atoms with Crippen molar-refractivity contribution in [2.24, 2.45) is 13.0 Å². The Morgan fingerprint density at radius 1 is 1.44 bits per heavy atom. The fourth-order valence-electron chi connectivity index (χ4n) is 2.83. The Hall–Kier alpha value is -1.81. The predicted molar refractivity (Wildman–Crippen MR) is 69.4 cm³/mol. The number of aliphatic carboxylic acids is 1. The van der Waals surface area contributed by atoms with Crippen molar-refractivity contribution in [1.82, 2.24) is 9.88 Å². The molecule has 2 atom stereocenters. The Kier molecular flexibility index (Phi) is 2.59. The van der Waals surface area contributed by atoms with Gasteiger partial charge in [-0.3, -0.25) is 4.79 Å². The second-order valence-electron chi connectivity index (χ2n) is 4.94. The molecular formula is C14H16N2O2. The van der Waals surface area contributed by atoms with E-state index in [-0.39, 0.29) is 12.0 Å². The van der Waals surface area contributed by atoms with Gasteiger partial charge in [-0.05, 0) is 23.4 Å². The van der Waals surface area contributed by atoms with Crippen LogP contribution in [0.3, 0.4) is 0 Å². The molecule has 1 aliphatic rings. The van der Waals surface area contributed by atoms with Gasteiger partial charge in [-0.1, -0.05) is 18.2 Å². The van der Waals surface area contributed by atoms with Gasteiger partial charge in [0.1, 0.15) is 0 Å². The van der Waals surface area contributed by atoms with Crippen LogP contribution in [0.2, 0.25) is 0 Å². The Bertz CT molecular complexity index is 603. The van der Waals surface area contributed by atoms with E-state index in [9.17, 15) is 4.79 Å². The zero-order chi connectivity index (χ0) is 12.7. The number of nitrogens with zero attached hydrogens (tertiary/aromatic N) is 1. The van der Waals surface area contributed by atoms with Gasteiger partial charge in [-0.25, -0.2) is 0 Å². The Morgan fingerprint density at radius 2 is 2.28 bits per heavy atom. The van der Waals surface area contributed by atoms with Crippen LogP contribution in [0.4, 0.5) is 0 Å². The highest BCUT2D eigenvalue weighted by Crippen LogP contribution is 2.32. The lowest BCUT2D eigenvalue weighted by Crippen LogP contribution is -2.17. The fourth-order valence-corrected chi connectivity index (χ4v) is 2.83. The van der Waals surface area contributed by atoms with Crippen LogP contribution in [0.25, 0.3) is 10.9 Å². The minimum absolute atomic E-state index is 0.142. The zero-order valence-electron chi connectivity index (χ0n) is 10.3. The molecule has 0 aliphatic carbocycles. The van der Waals surface area contributed by atoms with Crippen molar-refractivity contribution < 1.29 is 9.90 Å². The predicted octanol–water partition coefficient (Wildman–Crippen LogP) is 1.91. The number of fused-ring (bicyclic) bond motifs is 1. The minimum Gasteiger partial charge on any atom is -0.481 e. The van der Waals surface area contributed by atoms with Gasteiger partial charge in [0, 0.05) is 25.8 Å². The molecule has 4 nitrogen and oxygen atoms in total. The molecule has 0 amide bonds. The van der Waals surface area contributed by atoms with Gasteiger partial charge < -0.3 is 15.0 Å². The van der Waals surface area contributed by atoms with E-state index in [2.05, 4.69) is 28.1 Å². The summed E-state index contributed by atoms with van der Waals surface area (Å²) >= 11 is 0. The molecule has 3 rings (SSSR count). The first-order valence-electron chi connectivity index (χ1n) is 6.17. The first-order chi connectivity index (χ1) is 8.66. The van der Waals surface area contributed by atoms with Gasteiger partial charge in [-0.2, -0.15) is 0 Å². The lowest BCUT2D eigenvalue weighted by atomic mass is 9.98. The Morgan fingerprint density at radius 3 is 3.00 bits per heavy atom. The second kappa shape index (κ2) is 4.14. The standard InChI is InChI=1S/C14H16N2O2/c1-16-6-5-9-3-2-4-11(13(9)16)12-7-10(8-15-12)14(17)18/h2-6,10,12,15H,7-8H2,1H3,(H,17,18). The number of carboxylic acids is 1. The van der Waals surface area contributed by atoms with Crippen molar-refractivity contribution in [1.29, 1.82) is 0 Å². The number of benzene rings is 1. The molecule has 4 heteroatoms. The first kappa shape index (κ1) is 11.3. The molecule has 0 bridgehead atoms. The van der Waals surface area contributed by atoms with Crippen molar-refractivity contribution in [2.45, 2.75) is 12.5 Å². The number of hydrogen-bond donors (Lipinski definition) is 2. The molecule has 94 valence electrons. The summed E-state index contributed by atoms with van der Waals surface area (Å²) in [7, 11) is 2.02. The van der Waals surface area contributed by atoms with Gasteiger partial charge in [0.05, 0.1) is 11.4 Å². The maximum Gasteiger partial charge on any atom is 0.307 e. The Balaban J connectivity index is 2.00. The second-order valence-corrected chi connectivity index (χ2v) is 4.94. The average Bonchev–Trinajstić information content (AvgIpc) is 2.96. The summed E-state index contributed by atoms with van der Waals surface area (Å²) in [5, 5.41) is 13.6. The fraction of sp³-hybridized carbons (Fsp3) is 0.357. The number of para-hydroxylation sites is 1. The number of nitrogens with one attached hydrogen (secondary N) is 1. The van der Waals surface area contributed by atoms with Crippen molar-refractivity contribution in [3.05, 3.63) is 36.0 Å². The van der Waals surface area contributed by atoms with Gasteiger partial charge in [0.25, 0.3) is 0 Å². The number of hydrogen-bond acceptors (Lipinski definition) is 2. The molecule has 1 saturated heterocycles. The van der Waals surface area contributed by atoms with E-state index in [4.69, 9.17) is 5.11 Å². The van der Waals surface area contributed by atoms with Crippen LogP contribution < -0.4 is 5.32 Å². The minimum atomic E-state index is -0.705. The van der Waals surface area contributed by atoms with E-state index < -0.39 is 5.97 Å². The monoisotopic (exact) mass is 244 g/mol. The van der Waals surface area contributed by atoms with E-state index in [0.29, 0.717) is 13.0 Å². The lowest BCUT2D eigenvalue weighted by Gasteiger charge is -2.13. The van der Waals surface area contributed by atoms with Crippen LogP contribution in [0.1, 0.15) is 18.0 Å². The molecule has 2 aromatic rings. The molecule has 2 heterocycles. The molecule has 0 saturated carbocycles. The number of carbonyl (C=O) groups is 1. The summed E-state index contributed by atoms with van der Waals surface area (Å²) in [5.74, 6) is -0.977. The lowest BCUT2D eigenvalue weighted by molar-refractivity contribution is -0.141. The van der Waals surface area contributed by atoms with E-state index in [1.807, 2.05) is 19.3 Å². The van der Waals surface area contributed by atoms with Crippen molar-refractivity contribution in [2.75, 3.05) is 6.54 Å². The van der Waals surface area contributed by atoms with Crippen molar-refractivity contribution in [3.63, 3.8) is 0 Å². The first-order valence-corrected chi connectivity index (χ1v) is 6.17. The summed E-state index contributed by atoms with van der Waals surface area (Å²) in [5.41, 5.74) is 2.39. The van der Waals surface area contributed by atoms with Crippen LogP contribution >= 0.6 is 0 Å². The molecular weight excluding hydrogens is 228 g/mol. The van der Waals surface area contributed by atoms with E-state index in [0.717, 1.165) is 0 Å². The van der Waals surface area contributed by atoms with Crippen LogP contribution in [0.15, 0.2) is 30.5 Å². The highest BCUT2D eigenvalue weighted by Gasteiger charge is 2.31. The number of carboxylic acid groups (broad SMARTS) is 1. The Labute approximate surface area is 105 Å². The van der Waals surface area contributed by atoms with E-state index in [1.54, 1.807) is 0 Å². The highest BCUT2D eigenvalue weighted by molar-refractivity contribution is 5.84. The van der Waals surface area contributed by atoms with Gasteiger partial charge in [0.2, 0.25) is 0 Å². The summed E-state index contributed by atoms with van der Waals surface area (Å²) in [6.07, 6.45) is 2.71. The molecule has 18 heavy (non-hydrogen) atoms. The molecule has 1 fully saturated rings. The average molecular weight is 244 g/mol. The highest BCUT2D eigenvalue weighted by atomic mass is 16.4. The third kappa shape index (κ3) is 1.69. The smallest absolute Gasteiger partial charge is 0.307 e. The van der Waals surface area contributed by atoms with Gasteiger partial charge in [-0.15, -0.1) is 0 Å². The zero-order valence-corrected chi connectivity index (χ0v) is 10.3. The van der Waals surface area contributed by atoms with Gasteiger partial charge in [0.15, 0.2) is 0 Å². The number of rotatable bonds is 2. The van der Waals surface area contributed by atoms with E-state index >= 15 is 0 Å². The molecule has 1 aromatic heterocycles. The maximum atomic E-state index is 11.0. The maximum absolute atomic E-state index is 11.0. The summed E-state index contributed by atoms with van der Waals surface area (Å²) < 4.78 is 2.10. The van der Waals surface area contributed by atoms with Crippen LogP contribution in [0.5, 0.6) is 0 Å². The SMILES string of the molecule is Cn1ccc2cccc(C3CC(C(=O)O)CN3)c21. The number of aryl methyl sites for hydroxylation is 1. The molecule has 1 aromatic carbocycles. The third-order valence-electron chi connectivity index (χ3n) is 3.78. The molecule has 2 N–H and O–H groups in total. The van der Waals surface area contributed by atoms with Gasteiger partial charge >= 0.3 is 5.97 Å². The third-order valence-corrected chi connectivity index (χ3v) is 3.78. The quantitative estimate of drug-likeness (QED) is 0.848. The molecule has 0 spiro atoms. The molecule has 0 radical (unpaired) electrons. The van der Waals surface area contributed by atoms with Crippen molar-refractivity contribution in [3.8, 4) is 0 Å². The van der Waals surface area contributed by atoms with Crippen molar-refractivity contribution >= 4 is 16.9 Å². The van der Waals surface area contributed by atoms with Crippen LogP contribution in [0, 0.1) is 5.92 Å². The van der Waals surface area contributed by atoms with E-state index in [1.165, 1.54) is 16.5 Å². The molecule has 2 unspecified atom stereocenters. The summed E-state index contributed by atoms with van der Waals surface area (Å²) in [4.78, 5) is 11.0. The number of aromatic nitrogens is 1. The normalized spacial score (nSPS) is 23.6. The topological polar surface area (TPSA) is 54.3 Å². The van der Waals surface area contributed by atoms with Crippen LogP contribution in [-0.4, -0.2) is 22.2 Å². The summed E-state index contributed by atoms with van der Waals surface area (Å²) in [6.45, 7) is 0.556. The van der Waals surface area contributed by atoms with Crippen LogP contribution in [-0.2, 0) is 11.8 Å².